The predicted molar refractivity (Wildman–Crippen MR) is 46.9 cm³/mol. The molecule has 0 fully saturated rings. The van der Waals surface area contributed by atoms with Gasteiger partial charge in [0.25, 0.3) is 0 Å². The highest BCUT2D eigenvalue weighted by atomic mass is 32.1. The third kappa shape index (κ3) is 1.23. The lowest BCUT2D eigenvalue weighted by atomic mass is 10.4. The molecule has 0 aliphatic rings. The maximum absolute atomic E-state index is 4.37. The van der Waals surface area contributed by atoms with E-state index in [2.05, 4.69) is 27.3 Å². The number of thiazole rings is 1. The summed E-state index contributed by atoms with van der Waals surface area (Å²) >= 11 is 1.60. The molecule has 0 aromatic carbocycles. The Morgan fingerprint density at radius 3 is 3.08 bits per heavy atom. The Morgan fingerprint density at radius 1 is 1.58 bits per heavy atom. The minimum atomic E-state index is 0.819. The fourth-order valence-corrected chi connectivity index (χ4v) is 1.75. The lowest BCUT2D eigenvalue weighted by Crippen LogP contribution is -1.80. The molecule has 1 N–H and O–H groups in total. The Labute approximate surface area is 73.7 Å². The molecule has 62 valence electrons. The van der Waals surface area contributed by atoms with Crippen LogP contribution in [0.1, 0.15) is 12.6 Å². The number of aromatic nitrogens is 4. The Bertz CT molecular complexity index is 351. The maximum Gasteiger partial charge on any atom is 0.145 e. The molecule has 0 spiro atoms. The molecular weight excluding hydrogens is 172 g/mol. The van der Waals surface area contributed by atoms with Crippen molar-refractivity contribution in [2.75, 3.05) is 0 Å². The van der Waals surface area contributed by atoms with Crippen molar-refractivity contribution in [3.63, 3.8) is 0 Å². The van der Waals surface area contributed by atoms with Crippen LogP contribution in [0.15, 0.2) is 11.6 Å². The van der Waals surface area contributed by atoms with E-state index in [1.165, 1.54) is 0 Å². The number of H-pyrrole nitrogens is 1. The van der Waals surface area contributed by atoms with Gasteiger partial charge in [-0.2, -0.15) is 15.4 Å². The van der Waals surface area contributed by atoms with Gasteiger partial charge in [-0.3, -0.25) is 0 Å². The summed E-state index contributed by atoms with van der Waals surface area (Å²) in [4.78, 5) is 4.37. The normalized spacial score (nSPS) is 10.4. The van der Waals surface area contributed by atoms with Crippen molar-refractivity contribution < 1.29 is 0 Å². The van der Waals surface area contributed by atoms with Crippen molar-refractivity contribution in [2.24, 2.45) is 0 Å². The summed E-state index contributed by atoms with van der Waals surface area (Å²) in [6.45, 7) is 2.08. The molecular formula is C7H8N4S. The number of nitrogens with one attached hydrogen (secondary N) is 1. The Balaban J connectivity index is 2.35. The molecule has 2 rings (SSSR count). The second kappa shape index (κ2) is 3.02. The summed E-state index contributed by atoms with van der Waals surface area (Å²) in [6.07, 6.45) is 2.65. The van der Waals surface area contributed by atoms with Crippen LogP contribution in [0.2, 0.25) is 0 Å². The second-order valence-corrected chi connectivity index (χ2v) is 3.21. The SMILES string of the molecule is CCc1csc(-c2cn[nH]n2)n1. The van der Waals surface area contributed by atoms with Gasteiger partial charge in [0, 0.05) is 5.38 Å². The average molecular weight is 180 g/mol. The van der Waals surface area contributed by atoms with Crippen LogP contribution in [0, 0.1) is 0 Å². The monoisotopic (exact) mass is 180 g/mol. The van der Waals surface area contributed by atoms with E-state index in [1.54, 1.807) is 17.5 Å². The largest absolute Gasteiger partial charge is 0.239 e. The van der Waals surface area contributed by atoms with Crippen molar-refractivity contribution in [1.82, 2.24) is 20.4 Å². The quantitative estimate of drug-likeness (QED) is 0.761. The van der Waals surface area contributed by atoms with Crippen molar-refractivity contribution in [3.05, 3.63) is 17.3 Å². The standard InChI is InChI=1S/C7H8N4S/c1-2-5-4-12-7(9-5)6-3-8-11-10-6/h3-4H,2H2,1H3,(H,8,10,11). The summed E-state index contributed by atoms with van der Waals surface area (Å²) in [7, 11) is 0. The fourth-order valence-electron chi connectivity index (χ4n) is 0.892. The van der Waals surface area contributed by atoms with E-state index in [1.807, 2.05) is 5.38 Å². The van der Waals surface area contributed by atoms with E-state index in [0.717, 1.165) is 22.8 Å². The summed E-state index contributed by atoms with van der Waals surface area (Å²) in [5.74, 6) is 0. The zero-order valence-corrected chi connectivity index (χ0v) is 7.43. The third-order valence-corrected chi connectivity index (χ3v) is 2.46. The van der Waals surface area contributed by atoms with Gasteiger partial charge < -0.3 is 0 Å². The first-order valence-electron chi connectivity index (χ1n) is 3.70. The number of rotatable bonds is 2. The second-order valence-electron chi connectivity index (χ2n) is 2.35. The first-order chi connectivity index (χ1) is 5.90. The van der Waals surface area contributed by atoms with Crippen molar-refractivity contribution in [2.45, 2.75) is 13.3 Å². The van der Waals surface area contributed by atoms with Crippen LogP contribution in [0.4, 0.5) is 0 Å². The van der Waals surface area contributed by atoms with E-state index in [0.29, 0.717) is 0 Å². The van der Waals surface area contributed by atoms with E-state index in [4.69, 9.17) is 0 Å². The highest BCUT2D eigenvalue weighted by Crippen LogP contribution is 2.20. The zero-order chi connectivity index (χ0) is 8.39. The molecule has 2 aromatic heterocycles. The first kappa shape index (κ1) is 7.42. The zero-order valence-electron chi connectivity index (χ0n) is 6.61. The Hall–Kier alpha value is -1.23. The van der Waals surface area contributed by atoms with Gasteiger partial charge in [-0.1, -0.05) is 6.92 Å². The lowest BCUT2D eigenvalue weighted by Gasteiger charge is -1.84. The molecule has 2 heterocycles. The number of nitrogens with zero attached hydrogens (tertiary/aromatic N) is 3. The molecule has 0 bridgehead atoms. The topological polar surface area (TPSA) is 54.5 Å². The molecule has 0 aliphatic carbocycles. The summed E-state index contributed by atoms with van der Waals surface area (Å²) in [5.41, 5.74) is 1.93. The van der Waals surface area contributed by atoms with Gasteiger partial charge in [0.15, 0.2) is 0 Å². The predicted octanol–water partition coefficient (Wildman–Crippen LogP) is 1.49. The highest BCUT2D eigenvalue weighted by Gasteiger charge is 2.04. The Morgan fingerprint density at radius 2 is 2.50 bits per heavy atom. The molecule has 12 heavy (non-hydrogen) atoms. The van der Waals surface area contributed by atoms with Gasteiger partial charge >= 0.3 is 0 Å². The van der Waals surface area contributed by atoms with Gasteiger partial charge in [-0.25, -0.2) is 4.98 Å². The van der Waals surface area contributed by atoms with Gasteiger partial charge in [-0.05, 0) is 6.42 Å². The molecule has 2 aromatic rings. The van der Waals surface area contributed by atoms with Crippen molar-refractivity contribution in [3.8, 4) is 10.7 Å². The smallest absolute Gasteiger partial charge is 0.145 e. The van der Waals surface area contributed by atoms with Crippen LogP contribution in [0.5, 0.6) is 0 Å². The van der Waals surface area contributed by atoms with Crippen LogP contribution >= 0.6 is 11.3 Å². The lowest BCUT2D eigenvalue weighted by molar-refractivity contribution is 0.941. The van der Waals surface area contributed by atoms with E-state index < -0.39 is 0 Å². The summed E-state index contributed by atoms with van der Waals surface area (Å²) in [6, 6.07) is 0. The average Bonchev–Trinajstić information content (AvgIpc) is 2.75. The fraction of sp³-hybridized carbons (Fsp3) is 0.286. The van der Waals surface area contributed by atoms with E-state index in [-0.39, 0.29) is 0 Å². The highest BCUT2D eigenvalue weighted by molar-refractivity contribution is 7.13. The molecule has 5 heteroatoms. The van der Waals surface area contributed by atoms with Crippen molar-refractivity contribution in [1.29, 1.82) is 0 Å². The van der Waals surface area contributed by atoms with Crippen LogP contribution < -0.4 is 0 Å². The molecule has 0 radical (unpaired) electrons. The molecule has 0 unspecified atom stereocenters. The molecule has 4 nitrogen and oxygen atoms in total. The summed E-state index contributed by atoms with van der Waals surface area (Å²) in [5, 5.41) is 13.2. The number of hydrogen-bond acceptors (Lipinski definition) is 4. The number of aromatic amines is 1. The maximum atomic E-state index is 4.37. The first-order valence-corrected chi connectivity index (χ1v) is 4.58. The van der Waals surface area contributed by atoms with Crippen molar-refractivity contribution >= 4 is 11.3 Å². The van der Waals surface area contributed by atoms with Gasteiger partial charge in [0.2, 0.25) is 0 Å². The number of hydrogen-bond donors (Lipinski definition) is 1. The molecule has 0 atom stereocenters. The van der Waals surface area contributed by atoms with Crippen LogP contribution in [0.3, 0.4) is 0 Å². The van der Waals surface area contributed by atoms with Gasteiger partial charge in [0.1, 0.15) is 10.7 Å². The van der Waals surface area contributed by atoms with E-state index in [9.17, 15) is 0 Å². The molecule has 0 saturated heterocycles. The molecule has 0 aliphatic heterocycles. The Kier molecular flexibility index (Phi) is 1.87. The third-order valence-electron chi connectivity index (χ3n) is 1.55. The molecule has 0 saturated carbocycles. The number of aryl methyl sites for hydroxylation is 1. The van der Waals surface area contributed by atoms with E-state index >= 15 is 0 Å². The minimum Gasteiger partial charge on any atom is -0.239 e. The summed E-state index contributed by atoms with van der Waals surface area (Å²) < 4.78 is 0. The molecule has 0 amide bonds. The van der Waals surface area contributed by atoms with Crippen LogP contribution in [-0.4, -0.2) is 20.4 Å². The van der Waals surface area contributed by atoms with Gasteiger partial charge in [0.05, 0.1) is 11.9 Å². The van der Waals surface area contributed by atoms with Crippen LogP contribution in [0.25, 0.3) is 10.7 Å². The van der Waals surface area contributed by atoms with Gasteiger partial charge in [-0.15, -0.1) is 11.3 Å². The van der Waals surface area contributed by atoms with Crippen LogP contribution in [-0.2, 0) is 6.42 Å². The minimum absolute atomic E-state index is 0.819.